The zero-order valence-corrected chi connectivity index (χ0v) is 20.6. The van der Waals surface area contributed by atoms with E-state index in [9.17, 15) is 14.5 Å². The molecule has 1 aromatic carbocycles. The fraction of sp³-hybridized carbons (Fsp3) is 0.682. The van der Waals surface area contributed by atoms with Gasteiger partial charge in [0.1, 0.15) is 11.5 Å². The van der Waals surface area contributed by atoms with Gasteiger partial charge in [0.2, 0.25) is 0 Å². The summed E-state index contributed by atoms with van der Waals surface area (Å²) in [5.41, 5.74) is -1.00. The average Bonchev–Trinajstić information content (AvgIpc) is 3.35. The predicted molar refractivity (Wildman–Crippen MR) is 126 cm³/mol. The highest BCUT2D eigenvalue weighted by Crippen LogP contribution is 2.38. The Morgan fingerprint density at radius 2 is 1.86 bits per heavy atom. The standard InChI is InChI=1S/C22H32BFN6O5/c1-21(2)22(3,4)35-23(34-21)10-6-5-7-18(28-11-13-33-14-12-28)20-25-26-27-29(20)19-15-16(30(31)32)8-9-17(19)24/h8-9,15,18H,5-7,10-14H2,1-4H3. The second-order valence-electron chi connectivity index (χ2n) is 9.98. The van der Waals surface area contributed by atoms with Crippen LogP contribution >= 0.6 is 0 Å². The van der Waals surface area contributed by atoms with Gasteiger partial charge >= 0.3 is 7.12 Å². The summed E-state index contributed by atoms with van der Waals surface area (Å²) in [5.74, 6) is -0.187. The number of morpholine rings is 1. The number of hydrogen-bond donors (Lipinski definition) is 0. The van der Waals surface area contributed by atoms with Crippen molar-refractivity contribution in [2.24, 2.45) is 0 Å². The maximum atomic E-state index is 14.7. The van der Waals surface area contributed by atoms with Crippen molar-refractivity contribution < 1.29 is 23.4 Å². The van der Waals surface area contributed by atoms with E-state index in [2.05, 4.69) is 20.4 Å². The third kappa shape index (κ3) is 5.53. The summed E-state index contributed by atoms with van der Waals surface area (Å²) in [5, 5.41) is 23.2. The molecule has 4 rings (SSSR count). The van der Waals surface area contributed by atoms with Crippen LogP contribution in [0.15, 0.2) is 18.2 Å². The van der Waals surface area contributed by atoms with Crippen LogP contribution < -0.4 is 0 Å². The smallest absolute Gasteiger partial charge is 0.403 e. The van der Waals surface area contributed by atoms with Crippen molar-refractivity contribution in [3.63, 3.8) is 0 Å². The molecule has 35 heavy (non-hydrogen) atoms. The summed E-state index contributed by atoms with van der Waals surface area (Å²) in [7, 11) is -0.258. The van der Waals surface area contributed by atoms with Gasteiger partial charge in [-0.05, 0) is 56.9 Å². The summed E-state index contributed by atoms with van der Waals surface area (Å²) >= 11 is 0. The Hall–Kier alpha value is -2.48. The zero-order valence-electron chi connectivity index (χ0n) is 20.6. The van der Waals surface area contributed by atoms with Crippen LogP contribution in [0.25, 0.3) is 5.69 Å². The van der Waals surface area contributed by atoms with Crippen LogP contribution in [0.1, 0.15) is 58.8 Å². The number of nitrogens with zero attached hydrogens (tertiary/aromatic N) is 6. The summed E-state index contributed by atoms with van der Waals surface area (Å²) in [6, 6.07) is 3.14. The first-order valence-electron chi connectivity index (χ1n) is 12.0. The number of nitro groups is 1. The fourth-order valence-electron chi connectivity index (χ4n) is 4.45. The number of ether oxygens (including phenoxy) is 1. The third-order valence-corrected chi connectivity index (χ3v) is 7.12. The Morgan fingerprint density at radius 1 is 1.17 bits per heavy atom. The van der Waals surface area contributed by atoms with Crippen molar-refractivity contribution >= 4 is 12.8 Å². The highest BCUT2D eigenvalue weighted by Gasteiger charge is 2.50. The number of tetrazole rings is 1. The molecule has 190 valence electrons. The number of aromatic nitrogens is 4. The lowest BCUT2D eigenvalue weighted by Crippen LogP contribution is -2.41. The molecule has 0 saturated carbocycles. The van der Waals surface area contributed by atoms with E-state index in [-0.39, 0.29) is 35.7 Å². The molecule has 2 aliphatic rings. The van der Waals surface area contributed by atoms with E-state index in [1.807, 2.05) is 27.7 Å². The first-order valence-corrected chi connectivity index (χ1v) is 12.0. The van der Waals surface area contributed by atoms with Crippen LogP contribution in [0.3, 0.4) is 0 Å². The Morgan fingerprint density at radius 3 is 2.51 bits per heavy atom. The van der Waals surface area contributed by atoms with Gasteiger partial charge in [-0.15, -0.1) is 5.10 Å². The number of rotatable bonds is 9. The molecule has 1 atom stereocenters. The van der Waals surface area contributed by atoms with E-state index < -0.39 is 10.7 Å². The number of benzene rings is 1. The summed E-state index contributed by atoms with van der Waals surface area (Å²) in [6.07, 6.45) is 3.18. The number of unbranched alkanes of at least 4 members (excludes halogenated alkanes) is 1. The highest BCUT2D eigenvalue weighted by molar-refractivity contribution is 6.45. The Balaban J connectivity index is 1.50. The second kappa shape index (κ2) is 10.3. The van der Waals surface area contributed by atoms with Crippen molar-refractivity contribution in [1.82, 2.24) is 25.1 Å². The average molecular weight is 490 g/mol. The second-order valence-corrected chi connectivity index (χ2v) is 9.98. The van der Waals surface area contributed by atoms with Crippen LogP contribution in [0.2, 0.25) is 6.32 Å². The number of halogens is 1. The Labute approximate surface area is 204 Å². The van der Waals surface area contributed by atoms with E-state index in [0.29, 0.717) is 32.1 Å². The third-order valence-electron chi connectivity index (χ3n) is 7.12. The molecule has 0 radical (unpaired) electrons. The monoisotopic (exact) mass is 490 g/mol. The molecule has 1 unspecified atom stereocenters. The molecule has 0 amide bonds. The van der Waals surface area contributed by atoms with Crippen molar-refractivity contribution in [2.75, 3.05) is 26.3 Å². The van der Waals surface area contributed by atoms with Crippen molar-refractivity contribution in [1.29, 1.82) is 0 Å². The largest absolute Gasteiger partial charge is 0.457 e. The molecule has 2 aromatic rings. The summed E-state index contributed by atoms with van der Waals surface area (Å²) < 4.78 is 33.7. The van der Waals surface area contributed by atoms with Crippen LogP contribution in [-0.2, 0) is 14.0 Å². The van der Waals surface area contributed by atoms with Gasteiger partial charge in [-0.3, -0.25) is 15.0 Å². The Bertz CT molecular complexity index is 1030. The van der Waals surface area contributed by atoms with Gasteiger partial charge in [-0.1, -0.05) is 12.8 Å². The predicted octanol–water partition coefficient (Wildman–Crippen LogP) is 3.35. The maximum absolute atomic E-state index is 14.7. The molecule has 2 aliphatic heterocycles. The molecule has 0 aliphatic carbocycles. The number of non-ortho nitro benzene ring substituents is 1. The number of nitro benzene ring substituents is 1. The van der Waals surface area contributed by atoms with Gasteiger partial charge in [-0.25, -0.2) is 4.39 Å². The van der Waals surface area contributed by atoms with Gasteiger partial charge < -0.3 is 14.0 Å². The first kappa shape index (κ1) is 25.6. The lowest BCUT2D eigenvalue weighted by Gasteiger charge is -2.33. The zero-order chi connectivity index (χ0) is 25.2. The minimum absolute atomic E-state index is 0.0466. The molecule has 2 saturated heterocycles. The molecule has 0 N–H and O–H groups in total. The normalized spacial score (nSPS) is 20.8. The van der Waals surface area contributed by atoms with Crippen molar-refractivity contribution in [3.8, 4) is 5.69 Å². The van der Waals surface area contributed by atoms with Crippen molar-refractivity contribution in [2.45, 2.75) is 70.5 Å². The molecular weight excluding hydrogens is 458 g/mol. The first-order chi connectivity index (χ1) is 16.6. The minimum Gasteiger partial charge on any atom is -0.403 e. The fourth-order valence-corrected chi connectivity index (χ4v) is 4.45. The maximum Gasteiger partial charge on any atom is 0.457 e. The van der Waals surface area contributed by atoms with Gasteiger partial charge in [0.05, 0.1) is 35.4 Å². The van der Waals surface area contributed by atoms with Crippen LogP contribution in [-0.4, -0.2) is 74.7 Å². The molecule has 2 fully saturated rings. The topological polar surface area (TPSA) is 118 Å². The molecule has 0 spiro atoms. The van der Waals surface area contributed by atoms with E-state index >= 15 is 0 Å². The highest BCUT2D eigenvalue weighted by atomic mass is 19.1. The lowest BCUT2D eigenvalue weighted by atomic mass is 9.82. The summed E-state index contributed by atoms with van der Waals surface area (Å²) in [6.45, 7) is 10.7. The van der Waals surface area contributed by atoms with E-state index in [1.54, 1.807) is 0 Å². The Kier molecular flexibility index (Phi) is 7.50. The van der Waals surface area contributed by atoms with E-state index in [1.165, 1.54) is 4.68 Å². The van der Waals surface area contributed by atoms with Gasteiger partial charge in [0.25, 0.3) is 5.69 Å². The van der Waals surface area contributed by atoms with E-state index in [4.69, 9.17) is 14.0 Å². The molecule has 13 heteroatoms. The van der Waals surface area contributed by atoms with Crippen LogP contribution in [0.5, 0.6) is 0 Å². The molecule has 1 aromatic heterocycles. The van der Waals surface area contributed by atoms with Crippen molar-refractivity contribution in [3.05, 3.63) is 40.0 Å². The van der Waals surface area contributed by atoms with Crippen LogP contribution in [0.4, 0.5) is 10.1 Å². The quantitative estimate of drug-likeness (QED) is 0.226. The van der Waals surface area contributed by atoms with E-state index in [0.717, 1.165) is 43.8 Å². The molecule has 3 heterocycles. The lowest BCUT2D eigenvalue weighted by molar-refractivity contribution is -0.384. The van der Waals surface area contributed by atoms with Gasteiger partial charge in [0.15, 0.2) is 5.82 Å². The van der Waals surface area contributed by atoms with Crippen LogP contribution in [0, 0.1) is 15.9 Å². The molecular formula is C22H32BFN6O5. The minimum atomic E-state index is -0.634. The van der Waals surface area contributed by atoms with Gasteiger partial charge in [-0.2, -0.15) is 4.68 Å². The van der Waals surface area contributed by atoms with Gasteiger partial charge in [0, 0.05) is 25.2 Å². The number of hydrogen-bond acceptors (Lipinski definition) is 9. The SMILES string of the molecule is CC1(C)OB(CCCCC(c2nnnn2-c2cc([N+](=O)[O-])ccc2F)N2CCOCC2)OC1(C)C. The molecule has 0 bridgehead atoms. The molecule has 11 nitrogen and oxygen atoms in total. The summed E-state index contributed by atoms with van der Waals surface area (Å²) in [4.78, 5) is 12.9.